The lowest BCUT2D eigenvalue weighted by molar-refractivity contribution is 0.297. The fraction of sp³-hybridized carbons (Fsp3) is 0.769. The maximum Gasteiger partial charge on any atom is 0.0367 e. The molecule has 1 aromatic carbocycles. The average molecular weight is 385 g/mol. The van der Waals surface area contributed by atoms with Crippen molar-refractivity contribution < 1.29 is 0 Å². The van der Waals surface area contributed by atoms with Gasteiger partial charge in [0.15, 0.2) is 0 Å². The fourth-order valence-electron chi connectivity index (χ4n) is 5.89. The third-order valence-electron chi connectivity index (χ3n) is 7.84. The van der Waals surface area contributed by atoms with Gasteiger partial charge >= 0.3 is 0 Å². The Hall–Kier alpha value is -0.563. The van der Waals surface area contributed by atoms with Crippen LogP contribution in [0.15, 0.2) is 24.3 Å². The zero-order valence-corrected chi connectivity index (χ0v) is 19.4. The van der Waals surface area contributed by atoms with Crippen LogP contribution in [0.5, 0.6) is 0 Å². The Morgan fingerprint density at radius 2 is 1.37 bits per heavy atom. The van der Waals surface area contributed by atoms with Gasteiger partial charge in [-0.05, 0) is 61.0 Å². The van der Waals surface area contributed by atoms with Crippen molar-refractivity contribution in [3.63, 3.8) is 0 Å². The zero-order chi connectivity index (χ0) is 18.9. The standard InChI is InChI=1S/C26H44Si/c1-3-19-27-20-17-24(18-21-27)8-6-5-7-23-11-15-26(16-12-23)25-13-9-22(4-2)10-14-25/h9-10,13-14,23-24,26-27H,3-8,11-12,15-21H2,1-2H3/t23-,24?,26-,27?. The summed E-state index contributed by atoms with van der Waals surface area (Å²) >= 11 is 0. The SMILES string of the molecule is CCC[SiH]1CCC(CCCC[C@H]2CC[C@H](c3ccc(CC)cc3)CC2)CC1. The molecule has 1 heteroatoms. The summed E-state index contributed by atoms with van der Waals surface area (Å²) in [5.41, 5.74) is 3.08. The van der Waals surface area contributed by atoms with Gasteiger partial charge in [0.1, 0.15) is 0 Å². The van der Waals surface area contributed by atoms with Gasteiger partial charge in [0, 0.05) is 8.80 Å². The van der Waals surface area contributed by atoms with Crippen molar-refractivity contribution in [3.05, 3.63) is 35.4 Å². The molecule has 0 N–H and O–H groups in total. The highest BCUT2D eigenvalue weighted by atomic mass is 28.3. The van der Waals surface area contributed by atoms with E-state index in [9.17, 15) is 0 Å². The first-order valence-electron chi connectivity index (χ1n) is 12.4. The molecule has 1 heterocycles. The zero-order valence-electron chi connectivity index (χ0n) is 18.2. The molecule has 2 fully saturated rings. The summed E-state index contributed by atoms with van der Waals surface area (Å²) < 4.78 is 0. The maximum atomic E-state index is 2.40. The molecule has 1 saturated heterocycles. The molecule has 1 aliphatic heterocycles. The first kappa shape index (κ1) is 21.2. The van der Waals surface area contributed by atoms with Gasteiger partial charge in [-0.1, -0.05) is 101 Å². The summed E-state index contributed by atoms with van der Waals surface area (Å²) in [6.07, 6.45) is 17.7. The summed E-state index contributed by atoms with van der Waals surface area (Å²) in [7, 11) is -0.266. The Morgan fingerprint density at radius 3 is 1.93 bits per heavy atom. The molecule has 1 aliphatic carbocycles. The van der Waals surface area contributed by atoms with Crippen molar-refractivity contribution in [2.24, 2.45) is 11.8 Å². The summed E-state index contributed by atoms with van der Waals surface area (Å²) in [5, 5.41) is 0. The maximum absolute atomic E-state index is 2.40. The van der Waals surface area contributed by atoms with Crippen LogP contribution in [-0.4, -0.2) is 8.80 Å². The van der Waals surface area contributed by atoms with Crippen LogP contribution in [0, 0.1) is 11.8 Å². The van der Waals surface area contributed by atoms with E-state index in [1.54, 1.807) is 43.0 Å². The third-order valence-corrected chi connectivity index (χ3v) is 11.5. The van der Waals surface area contributed by atoms with Crippen LogP contribution in [0.25, 0.3) is 0 Å². The van der Waals surface area contributed by atoms with Gasteiger partial charge in [0.2, 0.25) is 0 Å². The molecular weight excluding hydrogens is 340 g/mol. The molecule has 0 nitrogen and oxygen atoms in total. The van der Waals surface area contributed by atoms with Gasteiger partial charge in [-0.15, -0.1) is 0 Å². The molecule has 0 unspecified atom stereocenters. The topological polar surface area (TPSA) is 0 Å². The van der Waals surface area contributed by atoms with E-state index in [1.807, 2.05) is 0 Å². The van der Waals surface area contributed by atoms with Crippen LogP contribution in [0.2, 0.25) is 18.1 Å². The lowest BCUT2D eigenvalue weighted by Gasteiger charge is -2.29. The largest absolute Gasteiger partial charge is 0.0657 e. The second-order valence-electron chi connectivity index (χ2n) is 9.77. The van der Waals surface area contributed by atoms with Crippen LogP contribution in [0.4, 0.5) is 0 Å². The van der Waals surface area contributed by atoms with E-state index in [2.05, 4.69) is 38.1 Å². The lowest BCUT2D eigenvalue weighted by Crippen LogP contribution is -2.21. The Balaban J connectivity index is 1.26. The fourth-order valence-corrected chi connectivity index (χ4v) is 9.46. The molecule has 1 saturated carbocycles. The second-order valence-corrected chi connectivity index (χ2v) is 13.2. The van der Waals surface area contributed by atoms with Crippen molar-refractivity contribution in [3.8, 4) is 0 Å². The van der Waals surface area contributed by atoms with Crippen molar-refractivity contribution in [1.82, 2.24) is 0 Å². The number of hydrogen-bond donors (Lipinski definition) is 0. The third kappa shape index (κ3) is 6.77. The number of unbranched alkanes of at least 4 members (excludes halogenated alkanes) is 1. The Morgan fingerprint density at radius 1 is 0.778 bits per heavy atom. The van der Waals surface area contributed by atoms with E-state index < -0.39 is 0 Å². The van der Waals surface area contributed by atoms with Gasteiger partial charge in [0.05, 0.1) is 0 Å². The average Bonchev–Trinajstić information content (AvgIpc) is 2.73. The normalized spacial score (nSPS) is 29.0. The van der Waals surface area contributed by atoms with Crippen LogP contribution in [-0.2, 0) is 6.42 Å². The smallest absolute Gasteiger partial charge is 0.0367 e. The minimum Gasteiger partial charge on any atom is -0.0657 e. The van der Waals surface area contributed by atoms with Crippen molar-refractivity contribution >= 4 is 8.80 Å². The molecule has 2 aliphatic rings. The summed E-state index contributed by atoms with van der Waals surface area (Å²) in [5.74, 6) is 2.98. The molecule has 152 valence electrons. The Kier molecular flexibility index (Phi) is 8.96. The Bertz CT molecular complexity index is 504. The first-order chi connectivity index (χ1) is 13.3. The molecule has 0 aromatic heterocycles. The summed E-state index contributed by atoms with van der Waals surface area (Å²) in [4.78, 5) is 0. The number of hydrogen-bond acceptors (Lipinski definition) is 0. The summed E-state index contributed by atoms with van der Waals surface area (Å²) in [6, 6.07) is 14.5. The summed E-state index contributed by atoms with van der Waals surface area (Å²) in [6.45, 7) is 4.63. The minimum absolute atomic E-state index is 0.266. The predicted molar refractivity (Wildman–Crippen MR) is 124 cm³/mol. The monoisotopic (exact) mass is 384 g/mol. The van der Waals surface area contributed by atoms with Crippen LogP contribution < -0.4 is 0 Å². The predicted octanol–water partition coefficient (Wildman–Crippen LogP) is 8.13. The minimum atomic E-state index is -0.266. The highest BCUT2D eigenvalue weighted by molar-refractivity contribution is 6.58. The van der Waals surface area contributed by atoms with Crippen molar-refractivity contribution in [1.29, 1.82) is 0 Å². The molecule has 0 atom stereocenters. The molecule has 27 heavy (non-hydrogen) atoms. The van der Waals surface area contributed by atoms with Gasteiger partial charge in [-0.3, -0.25) is 0 Å². The first-order valence-corrected chi connectivity index (χ1v) is 14.8. The van der Waals surface area contributed by atoms with Crippen LogP contribution in [0.3, 0.4) is 0 Å². The van der Waals surface area contributed by atoms with Crippen LogP contribution in [0.1, 0.15) is 102 Å². The van der Waals surface area contributed by atoms with Gasteiger partial charge < -0.3 is 0 Å². The molecule has 0 bridgehead atoms. The molecule has 0 amide bonds. The highest BCUT2D eigenvalue weighted by Gasteiger charge is 2.23. The number of benzene rings is 1. The quantitative estimate of drug-likeness (QED) is 0.298. The number of aryl methyl sites for hydroxylation is 1. The lowest BCUT2D eigenvalue weighted by atomic mass is 9.77. The molecule has 0 spiro atoms. The van der Waals surface area contributed by atoms with Crippen molar-refractivity contribution in [2.75, 3.05) is 0 Å². The van der Waals surface area contributed by atoms with E-state index in [4.69, 9.17) is 0 Å². The molecule has 1 aromatic rings. The van der Waals surface area contributed by atoms with E-state index in [1.165, 1.54) is 56.9 Å². The highest BCUT2D eigenvalue weighted by Crippen LogP contribution is 2.38. The molecule has 0 radical (unpaired) electrons. The molecular formula is C26H44Si. The van der Waals surface area contributed by atoms with Gasteiger partial charge in [-0.2, -0.15) is 0 Å². The van der Waals surface area contributed by atoms with E-state index in [0.29, 0.717) is 0 Å². The van der Waals surface area contributed by atoms with Crippen LogP contribution >= 0.6 is 0 Å². The van der Waals surface area contributed by atoms with E-state index in [-0.39, 0.29) is 8.80 Å². The number of rotatable bonds is 9. The second kappa shape index (κ2) is 11.4. The van der Waals surface area contributed by atoms with Gasteiger partial charge in [-0.25, -0.2) is 0 Å². The van der Waals surface area contributed by atoms with E-state index in [0.717, 1.165) is 24.2 Å². The van der Waals surface area contributed by atoms with E-state index >= 15 is 0 Å². The Labute approximate surface area is 171 Å². The van der Waals surface area contributed by atoms with Crippen molar-refractivity contribution in [2.45, 2.75) is 115 Å². The molecule has 3 rings (SSSR count). The van der Waals surface area contributed by atoms with Gasteiger partial charge in [0.25, 0.3) is 0 Å².